The van der Waals surface area contributed by atoms with E-state index >= 15 is 0 Å². The lowest BCUT2D eigenvalue weighted by Gasteiger charge is -2.28. The highest BCUT2D eigenvalue weighted by atomic mass is 16.7. The fourth-order valence-electron chi connectivity index (χ4n) is 5.18. The molecule has 0 aliphatic carbocycles. The molecule has 242 valence electrons. The van der Waals surface area contributed by atoms with Crippen molar-refractivity contribution >= 4 is 23.8 Å². The molecule has 0 spiro atoms. The molecule has 2 amide bonds. The number of phenolic OH excluding ortho intramolecular Hbond substituents is 1. The van der Waals surface area contributed by atoms with Gasteiger partial charge in [0.2, 0.25) is 5.91 Å². The Bertz CT molecular complexity index is 1770. The molecule has 4 aromatic carbocycles. The van der Waals surface area contributed by atoms with Gasteiger partial charge in [0.25, 0.3) is 5.91 Å². The van der Waals surface area contributed by atoms with E-state index in [2.05, 4.69) is 10.6 Å². The van der Waals surface area contributed by atoms with Crippen LogP contribution in [0.4, 0.5) is 0 Å². The first kappa shape index (κ1) is 32.7. The Balaban J connectivity index is 1.61. The minimum atomic E-state index is -1.58. The van der Waals surface area contributed by atoms with Crippen LogP contribution in [-0.2, 0) is 37.0 Å². The number of phenols is 1. The molecular formula is C35H34N4O8. The van der Waals surface area contributed by atoms with Crippen molar-refractivity contribution in [3.63, 3.8) is 0 Å². The van der Waals surface area contributed by atoms with Gasteiger partial charge in [-0.2, -0.15) is 0 Å². The van der Waals surface area contributed by atoms with E-state index in [1.807, 2.05) is 30.3 Å². The summed E-state index contributed by atoms with van der Waals surface area (Å²) in [5.41, 5.74) is 8.87. The van der Waals surface area contributed by atoms with E-state index in [-0.39, 0.29) is 24.3 Å². The maximum absolute atomic E-state index is 13.8. The molecule has 4 bridgehead atoms. The first-order chi connectivity index (χ1) is 22.6. The molecule has 0 saturated carbocycles. The van der Waals surface area contributed by atoms with Gasteiger partial charge in [0, 0.05) is 24.6 Å². The first-order valence-electron chi connectivity index (χ1n) is 14.7. The van der Waals surface area contributed by atoms with Crippen molar-refractivity contribution in [2.45, 2.75) is 31.3 Å². The monoisotopic (exact) mass is 638 g/mol. The first-order valence-corrected chi connectivity index (χ1v) is 14.7. The molecule has 12 heteroatoms. The molecule has 0 fully saturated rings. The van der Waals surface area contributed by atoms with Gasteiger partial charge in [0.15, 0.2) is 6.17 Å². The maximum Gasteiger partial charge on any atom is 0.357 e. The van der Waals surface area contributed by atoms with E-state index in [0.29, 0.717) is 28.0 Å². The summed E-state index contributed by atoms with van der Waals surface area (Å²) in [6, 6.07) is 24.8. The zero-order valence-corrected chi connectivity index (χ0v) is 25.7. The van der Waals surface area contributed by atoms with Gasteiger partial charge in [0.1, 0.15) is 30.2 Å². The molecule has 5 rings (SSSR count). The van der Waals surface area contributed by atoms with E-state index in [0.717, 1.165) is 10.6 Å². The summed E-state index contributed by atoms with van der Waals surface area (Å²) in [7, 11) is 2.57. The average Bonchev–Trinajstić information content (AvgIpc) is 3.08. The Hall–Kier alpha value is -5.72. The summed E-state index contributed by atoms with van der Waals surface area (Å²) in [6.45, 7) is 0.218. The van der Waals surface area contributed by atoms with Crippen molar-refractivity contribution in [1.29, 1.82) is 0 Å². The smallest absolute Gasteiger partial charge is 0.357 e. The highest BCUT2D eigenvalue weighted by Gasteiger charge is 2.33. The number of amides is 2. The number of nitrogens with zero attached hydrogens (tertiary/aromatic N) is 1. The summed E-state index contributed by atoms with van der Waals surface area (Å²) in [5, 5.41) is 17.2. The SMILES string of the molecule is COC(=O)[C@@H]1Cc2ccc(OCc3ccccc3)c(c2)-c2cc(ccc2O)[C@H](N(C)OC(=O)c2ccccc2)C(=O)N[C@@H](N)C(=O)N1. The van der Waals surface area contributed by atoms with Crippen LogP contribution in [-0.4, -0.2) is 60.3 Å². The van der Waals surface area contributed by atoms with Crippen LogP contribution in [0.1, 0.15) is 33.1 Å². The van der Waals surface area contributed by atoms with Crippen LogP contribution >= 0.6 is 0 Å². The van der Waals surface area contributed by atoms with E-state index in [1.165, 1.54) is 26.3 Å². The standard InChI is InChI=1S/C35H34N4O8/c1-39(47-34(43)23-11-7-4-8-12-23)30-24-14-15-28(40)25(19-24)26-17-22(13-16-29(26)46-20-21-9-5-3-6-10-21)18-27(35(44)45-2)37-33(42)31(36)38-32(30)41/h3-17,19,27,30-31,40H,18,20,36H2,1-2H3,(H,37,42)(H,38,41)/t27-,30-,31+/m0/s1. The third kappa shape index (κ3) is 7.75. The van der Waals surface area contributed by atoms with Crippen molar-refractivity contribution in [1.82, 2.24) is 15.7 Å². The molecule has 1 aliphatic rings. The molecule has 1 aliphatic heterocycles. The van der Waals surface area contributed by atoms with Gasteiger partial charge in [-0.25, -0.2) is 9.59 Å². The maximum atomic E-state index is 13.8. The number of ether oxygens (including phenoxy) is 2. The lowest BCUT2D eigenvalue weighted by atomic mass is 9.94. The minimum Gasteiger partial charge on any atom is -0.507 e. The summed E-state index contributed by atoms with van der Waals surface area (Å²) >= 11 is 0. The summed E-state index contributed by atoms with van der Waals surface area (Å²) in [4.78, 5) is 58.1. The number of esters is 1. The minimum absolute atomic E-state index is 0.00625. The van der Waals surface area contributed by atoms with Gasteiger partial charge in [-0.3, -0.25) is 9.59 Å². The molecule has 0 saturated heterocycles. The predicted octanol–water partition coefficient (Wildman–Crippen LogP) is 3.00. The number of nitrogens with one attached hydrogen (secondary N) is 2. The Morgan fingerprint density at radius 1 is 0.894 bits per heavy atom. The molecule has 0 radical (unpaired) electrons. The lowest BCUT2D eigenvalue weighted by molar-refractivity contribution is -0.152. The van der Waals surface area contributed by atoms with Gasteiger partial charge in [-0.15, -0.1) is 5.06 Å². The van der Waals surface area contributed by atoms with Gasteiger partial charge in [-0.1, -0.05) is 60.7 Å². The zero-order chi connectivity index (χ0) is 33.5. The van der Waals surface area contributed by atoms with Gasteiger partial charge < -0.3 is 35.8 Å². The van der Waals surface area contributed by atoms with Crippen molar-refractivity contribution < 1.29 is 38.6 Å². The molecule has 5 N–H and O–H groups in total. The molecule has 47 heavy (non-hydrogen) atoms. The van der Waals surface area contributed by atoms with Gasteiger partial charge in [0.05, 0.1) is 12.7 Å². The van der Waals surface area contributed by atoms with Crippen LogP contribution < -0.4 is 21.1 Å². The number of methoxy groups -OCH3 is 1. The highest BCUT2D eigenvalue weighted by molar-refractivity contribution is 5.93. The number of carbonyl (C=O) groups excluding carboxylic acids is 4. The number of nitrogens with two attached hydrogens (primary N) is 1. The second-order valence-electron chi connectivity index (χ2n) is 10.8. The van der Waals surface area contributed by atoms with Crippen molar-refractivity contribution in [2.75, 3.05) is 14.2 Å². The van der Waals surface area contributed by atoms with Crippen molar-refractivity contribution in [3.05, 3.63) is 119 Å². The van der Waals surface area contributed by atoms with Crippen molar-refractivity contribution in [2.24, 2.45) is 5.73 Å². The average molecular weight is 639 g/mol. The number of aromatic hydroxyl groups is 1. The summed E-state index contributed by atoms with van der Waals surface area (Å²) < 4.78 is 11.1. The number of hydrogen-bond acceptors (Lipinski definition) is 10. The number of hydrogen-bond donors (Lipinski definition) is 4. The summed E-state index contributed by atoms with van der Waals surface area (Å²) in [6.07, 6.45) is -1.58. The van der Waals surface area contributed by atoms with E-state index in [1.54, 1.807) is 54.6 Å². The largest absolute Gasteiger partial charge is 0.507 e. The number of likely N-dealkylation sites (N-methyl/N-ethyl adjacent to an activating group) is 1. The topological polar surface area (TPSA) is 170 Å². The molecule has 3 atom stereocenters. The highest BCUT2D eigenvalue weighted by Crippen LogP contribution is 2.39. The number of fused-ring (bicyclic) bond motifs is 5. The number of rotatable bonds is 7. The fourth-order valence-corrected chi connectivity index (χ4v) is 5.18. The van der Waals surface area contributed by atoms with Crippen LogP contribution in [0.5, 0.6) is 11.5 Å². The molecule has 12 nitrogen and oxygen atoms in total. The van der Waals surface area contributed by atoms with Crippen LogP contribution in [0.25, 0.3) is 11.1 Å². The van der Waals surface area contributed by atoms with Crippen LogP contribution in [0, 0.1) is 0 Å². The Labute approximate surface area is 271 Å². The van der Waals surface area contributed by atoms with E-state index in [9.17, 15) is 24.3 Å². The molecule has 0 unspecified atom stereocenters. The molecule has 4 aromatic rings. The zero-order valence-electron chi connectivity index (χ0n) is 25.7. The number of benzene rings is 4. The van der Waals surface area contributed by atoms with Gasteiger partial charge in [-0.05, 0) is 53.1 Å². The quantitative estimate of drug-likeness (QED) is 0.174. The third-order valence-electron chi connectivity index (χ3n) is 7.58. The van der Waals surface area contributed by atoms with Crippen LogP contribution in [0.15, 0.2) is 97.1 Å². The molecule has 1 heterocycles. The molecule has 0 aromatic heterocycles. The van der Waals surface area contributed by atoms with E-state index in [4.69, 9.17) is 20.0 Å². The van der Waals surface area contributed by atoms with Gasteiger partial charge >= 0.3 is 11.9 Å². The molecular weight excluding hydrogens is 604 g/mol. The Morgan fingerprint density at radius 3 is 2.30 bits per heavy atom. The fraction of sp³-hybridized carbons (Fsp3) is 0.200. The number of carbonyl (C=O) groups is 4. The summed E-state index contributed by atoms with van der Waals surface area (Å²) in [5.74, 6) is -2.82. The predicted molar refractivity (Wildman–Crippen MR) is 170 cm³/mol. The second kappa shape index (κ2) is 14.6. The lowest BCUT2D eigenvalue weighted by Crippen LogP contribution is -2.57. The van der Waals surface area contributed by atoms with Crippen molar-refractivity contribution in [3.8, 4) is 22.6 Å². The number of hydroxylamine groups is 2. The van der Waals surface area contributed by atoms with E-state index < -0.39 is 42.0 Å². The normalized spacial score (nSPS) is 17.9. The Morgan fingerprint density at radius 2 is 1.60 bits per heavy atom. The second-order valence-corrected chi connectivity index (χ2v) is 10.8. The van der Waals surface area contributed by atoms with Crippen LogP contribution in [0.2, 0.25) is 0 Å². The third-order valence-corrected chi connectivity index (χ3v) is 7.58. The Kier molecular flexibility index (Phi) is 10.1. The van der Waals surface area contributed by atoms with Crippen LogP contribution in [0.3, 0.4) is 0 Å².